The van der Waals surface area contributed by atoms with Gasteiger partial charge in [-0.3, -0.25) is 0 Å². The molecule has 2 aromatic carbocycles. The molecule has 2 heterocycles. The Morgan fingerprint density at radius 1 is 1.13 bits per heavy atom. The molecule has 3 aromatic rings. The molecule has 3 nitrogen and oxygen atoms in total. The zero-order valence-corrected chi connectivity index (χ0v) is 12.9. The van der Waals surface area contributed by atoms with E-state index in [0.29, 0.717) is 12.2 Å². The molecule has 1 N–H and O–H groups in total. The van der Waals surface area contributed by atoms with Gasteiger partial charge in [0.1, 0.15) is 6.10 Å². The number of anilines is 1. The molecule has 1 aromatic heterocycles. The van der Waals surface area contributed by atoms with Crippen LogP contribution in [-0.2, 0) is 4.74 Å². The molecule has 1 saturated heterocycles. The van der Waals surface area contributed by atoms with Crippen LogP contribution in [0.4, 0.5) is 13.9 Å². The standard InChI is InChI=1S/C17H14F2N2OS/c18-11-6-5-10(9-12(11)19)16-14(7-8-22-16)21-17-20-13-3-1-2-4-15(13)23-17/h1-6,9,14,16H,7-8H2,(H,20,21). The van der Waals surface area contributed by atoms with Crippen molar-refractivity contribution < 1.29 is 13.5 Å². The van der Waals surface area contributed by atoms with Crippen LogP contribution in [-0.4, -0.2) is 17.6 Å². The van der Waals surface area contributed by atoms with E-state index in [1.165, 1.54) is 6.07 Å². The zero-order chi connectivity index (χ0) is 15.8. The lowest BCUT2D eigenvalue weighted by molar-refractivity contribution is 0.107. The number of nitrogens with zero attached hydrogens (tertiary/aromatic N) is 1. The molecular weight excluding hydrogens is 318 g/mol. The fourth-order valence-electron chi connectivity index (χ4n) is 2.85. The summed E-state index contributed by atoms with van der Waals surface area (Å²) in [5, 5.41) is 4.19. The van der Waals surface area contributed by atoms with E-state index in [-0.39, 0.29) is 12.1 Å². The molecule has 0 bridgehead atoms. The lowest BCUT2D eigenvalue weighted by Gasteiger charge is -2.19. The predicted molar refractivity (Wildman–Crippen MR) is 86.7 cm³/mol. The summed E-state index contributed by atoms with van der Waals surface area (Å²) in [7, 11) is 0. The van der Waals surface area contributed by atoms with Gasteiger partial charge in [-0.05, 0) is 36.2 Å². The quantitative estimate of drug-likeness (QED) is 0.766. The minimum atomic E-state index is -0.850. The molecule has 0 aliphatic carbocycles. The summed E-state index contributed by atoms with van der Waals surface area (Å²) in [6, 6.07) is 11.8. The van der Waals surface area contributed by atoms with Gasteiger partial charge in [0.25, 0.3) is 0 Å². The van der Waals surface area contributed by atoms with Gasteiger partial charge in [0, 0.05) is 6.61 Å². The van der Waals surface area contributed by atoms with E-state index in [2.05, 4.69) is 10.3 Å². The molecule has 1 aliphatic heterocycles. The lowest BCUT2D eigenvalue weighted by Crippen LogP contribution is -2.23. The Morgan fingerprint density at radius 2 is 2.00 bits per heavy atom. The highest BCUT2D eigenvalue weighted by Gasteiger charge is 2.31. The lowest BCUT2D eigenvalue weighted by atomic mass is 10.0. The van der Waals surface area contributed by atoms with Crippen LogP contribution in [0, 0.1) is 11.6 Å². The van der Waals surface area contributed by atoms with Crippen molar-refractivity contribution >= 4 is 26.7 Å². The molecule has 0 spiro atoms. The number of ether oxygens (including phenoxy) is 1. The number of halogens is 2. The van der Waals surface area contributed by atoms with Gasteiger partial charge in [-0.15, -0.1) is 0 Å². The predicted octanol–water partition coefficient (Wildman–Crippen LogP) is 4.52. The summed E-state index contributed by atoms with van der Waals surface area (Å²) in [4.78, 5) is 4.55. The summed E-state index contributed by atoms with van der Waals surface area (Å²) in [5.74, 6) is -1.70. The Morgan fingerprint density at radius 3 is 2.83 bits per heavy atom. The third kappa shape index (κ3) is 2.80. The van der Waals surface area contributed by atoms with Crippen LogP contribution in [0.5, 0.6) is 0 Å². The van der Waals surface area contributed by atoms with E-state index in [0.717, 1.165) is 27.8 Å². The fourth-order valence-corrected chi connectivity index (χ4v) is 3.78. The van der Waals surface area contributed by atoms with Gasteiger partial charge < -0.3 is 10.1 Å². The van der Waals surface area contributed by atoms with E-state index in [1.807, 2.05) is 24.3 Å². The number of thiazole rings is 1. The monoisotopic (exact) mass is 332 g/mol. The van der Waals surface area contributed by atoms with Crippen LogP contribution in [0.3, 0.4) is 0 Å². The smallest absolute Gasteiger partial charge is 0.184 e. The second-order valence-electron chi connectivity index (χ2n) is 5.49. The summed E-state index contributed by atoms with van der Waals surface area (Å²) in [5.41, 5.74) is 1.59. The molecule has 1 aliphatic rings. The van der Waals surface area contributed by atoms with Crippen molar-refractivity contribution in [1.29, 1.82) is 0 Å². The number of nitrogens with one attached hydrogen (secondary N) is 1. The van der Waals surface area contributed by atoms with Gasteiger partial charge in [-0.1, -0.05) is 29.5 Å². The van der Waals surface area contributed by atoms with E-state index in [4.69, 9.17) is 4.74 Å². The van der Waals surface area contributed by atoms with Crippen LogP contribution in [0.25, 0.3) is 10.2 Å². The van der Waals surface area contributed by atoms with Gasteiger partial charge >= 0.3 is 0 Å². The first-order chi connectivity index (χ1) is 11.2. The Hall–Kier alpha value is -2.05. The number of benzene rings is 2. The molecule has 1 fully saturated rings. The first kappa shape index (κ1) is 14.5. The molecular formula is C17H14F2N2OS. The number of aromatic nitrogens is 1. The molecule has 2 atom stereocenters. The second-order valence-corrected chi connectivity index (χ2v) is 6.52. The van der Waals surface area contributed by atoms with Crippen LogP contribution in [0.15, 0.2) is 42.5 Å². The highest BCUT2D eigenvalue weighted by Crippen LogP contribution is 2.34. The highest BCUT2D eigenvalue weighted by atomic mass is 32.1. The van der Waals surface area contributed by atoms with Crippen molar-refractivity contribution in [2.45, 2.75) is 18.6 Å². The van der Waals surface area contributed by atoms with E-state index >= 15 is 0 Å². The topological polar surface area (TPSA) is 34.1 Å². The number of fused-ring (bicyclic) bond motifs is 1. The summed E-state index contributed by atoms with van der Waals surface area (Å²) in [6.45, 7) is 0.576. The van der Waals surface area contributed by atoms with E-state index in [1.54, 1.807) is 17.4 Å². The number of hydrogen-bond donors (Lipinski definition) is 1. The highest BCUT2D eigenvalue weighted by molar-refractivity contribution is 7.22. The van der Waals surface area contributed by atoms with Gasteiger partial charge in [0.05, 0.1) is 16.3 Å². The average molecular weight is 332 g/mol. The SMILES string of the molecule is Fc1ccc(C2OCCC2Nc2nc3ccccc3s2)cc1F. The number of hydrogen-bond acceptors (Lipinski definition) is 4. The average Bonchev–Trinajstić information content (AvgIpc) is 3.16. The fraction of sp³-hybridized carbons (Fsp3) is 0.235. The van der Waals surface area contributed by atoms with Crippen molar-refractivity contribution in [3.8, 4) is 0 Å². The van der Waals surface area contributed by atoms with Gasteiger partial charge in [0.15, 0.2) is 16.8 Å². The molecule has 0 amide bonds. The van der Waals surface area contributed by atoms with Crippen molar-refractivity contribution in [1.82, 2.24) is 4.98 Å². The van der Waals surface area contributed by atoms with Crippen molar-refractivity contribution in [2.24, 2.45) is 0 Å². The third-order valence-corrected chi connectivity index (χ3v) is 4.93. The van der Waals surface area contributed by atoms with Crippen LogP contribution in [0.1, 0.15) is 18.1 Å². The van der Waals surface area contributed by atoms with Crippen LogP contribution < -0.4 is 5.32 Å². The Bertz CT molecular complexity index is 818. The number of rotatable bonds is 3. The summed E-state index contributed by atoms with van der Waals surface area (Å²) < 4.78 is 33.4. The Balaban J connectivity index is 1.58. The van der Waals surface area contributed by atoms with E-state index in [9.17, 15) is 8.78 Å². The van der Waals surface area contributed by atoms with E-state index < -0.39 is 11.6 Å². The molecule has 2 unspecified atom stereocenters. The van der Waals surface area contributed by atoms with Gasteiger partial charge in [0.2, 0.25) is 0 Å². The third-order valence-electron chi connectivity index (χ3n) is 3.97. The van der Waals surface area contributed by atoms with Gasteiger partial charge in [-0.2, -0.15) is 0 Å². The van der Waals surface area contributed by atoms with Crippen molar-refractivity contribution in [3.63, 3.8) is 0 Å². The first-order valence-corrected chi connectivity index (χ1v) is 8.21. The first-order valence-electron chi connectivity index (χ1n) is 7.39. The maximum atomic E-state index is 13.5. The zero-order valence-electron chi connectivity index (χ0n) is 12.1. The molecule has 4 rings (SSSR count). The molecule has 23 heavy (non-hydrogen) atoms. The number of para-hydroxylation sites is 1. The van der Waals surface area contributed by atoms with Gasteiger partial charge in [-0.25, -0.2) is 13.8 Å². The summed E-state index contributed by atoms with van der Waals surface area (Å²) >= 11 is 1.58. The normalized spacial score (nSPS) is 21.0. The minimum absolute atomic E-state index is 0.0135. The van der Waals surface area contributed by atoms with Crippen molar-refractivity contribution in [3.05, 3.63) is 59.7 Å². The molecule has 0 saturated carbocycles. The van der Waals surface area contributed by atoms with Crippen LogP contribution >= 0.6 is 11.3 Å². The maximum absolute atomic E-state index is 13.5. The Kier molecular flexibility index (Phi) is 3.71. The summed E-state index contributed by atoms with van der Waals surface area (Å²) in [6.07, 6.45) is 0.483. The molecule has 118 valence electrons. The van der Waals surface area contributed by atoms with Crippen molar-refractivity contribution in [2.75, 3.05) is 11.9 Å². The second kappa shape index (κ2) is 5.86. The molecule has 0 radical (unpaired) electrons. The minimum Gasteiger partial charge on any atom is -0.371 e. The largest absolute Gasteiger partial charge is 0.371 e. The Labute approximate surface area is 135 Å². The van der Waals surface area contributed by atoms with Crippen LogP contribution in [0.2, 0.25) is 0 Å². The maximum Gasteiger partial charge on any atom is 0.184 e. The molecule has 6 heteroatoms.